The molecule has 0 saturated carbocycles. The van der Waals surface area contributed by atoms with Crippen molar-refractivity contribution in [3.8, 4) is 11.5 Å². The van der Waals surface area contributed by atoms with E-state index in [1.807, 2.05) is 12.1 Å². The molecule has 0 fully saturated rings. The average Bonchev–Trinajstić information content (AvgIpc) is 2.52. The van der Waals surface area contributed by atoms with Crippen molar-refractivity contribution < 1.29 is 19.1 Å². The predicted octanol–water partition coefficient (Wildman–Crippen LogP) is 0.717. The zero-order valence-electron chi connectivity index (χ0n) is 12.1. The highest BCUT2D eigenvalue weighted by Gasteiger charge is 2.11. The topological polar surface area (TPSA) is 76.7 Å². The zero-order chi connectivity index (χ0) is 15.7. The third-order valence-corrected chi connectivity index (χ3v) is 2.92. The fourth-order valence-electron chi connectivity index (χ4n) is 1.68. The predicted molar refractivity (Wildman–Crippen MR) is 80.0 cm³/mol. The van der Waals surface area contributed by atoms with E-state index in [1.54, 1.807) is 20.3 Å². The van der Waals surface area contributed by atoms with E-state index >= 15 is 0 Å². The number of methoxy groups -OCH3 is 2. The molecule has 0 aliphatic rings. The van der Waals surface area contributed by atoms with Gasteiger partial charge in [0.05, 0.1) is 14.2 Å². The summed E-state index contributed by atoms with van der Waals surface area (Å²) in [6.07, 6.45) is 0.578. The molecule has 116 valence electrons. The summed E-state index contributed by atoms with van der Waals surface area (Å²) in [4.78, 5) is 22.8. The first kappa shape index (κ1) is 17.1. The lowest BCUT2D eigenvalue weighted by Gasteiger charge is -2.10. The Balaban J connectivity index is 2.45. The van der Waals surface area contributed by atoms with Crippen LogP contribution in [0.5, 0.6) is 11.5 Å². The minimum Gasteiger partial charge on any atom is -0.493 e. The van der Waals surface area contributed by atoms with E-state index in [0.29, 0.717) is 24.5 Å². The van der Waals surface area contributed by atoms with Gasteiger partial charge in [-0.05, 0) is 24.1 Å². The molecule has 2 amide bonds. The van der Waals surface area contributed by atoms with E-state index in [0.717, 1.165) is 5.56 Å². The third kappa shape index (κ3) is 5.51. The van der Waals surface area contributed by atoms with Gasteiger partial charge in [-0.15, -0.1) is 11.6 Å². The van der Waals surface area contributed by atoms with Crippen molar-refractivity contribution in [2.75, 3.05) is 33.2 Å². The maximum Gasteiger partial charge on any atom is 0.309 e. The van der Waals surface area contributed by atoms with Gasteiger partial charge in [-0.1, -0.05) is 6.07 Å². The Bertz CT molecular complexity index is 494. The average molecular weight is 315 g/mol. The quantitative estimate of drug-likeness (QED) is 0.574. The molecular formula is C14H19ClN2O4. The van der Waals surface area contributed by atoms with Crippen molar-refractivity contribution >= 4 is 23.4 Å². The maximum atomic E-state index is 11.5. The van der Waals surface area contributed by atoms with Crippen LogP contribution in [0.2, 0.25) is 0 Å². The second-order valence-corrected chi connectivity index (χ2v) is 4.52. The van der Waals surface area contributed by atoms with Crippen LogP contribution in [0.25, 0.3) is 0 Å². The van der Waals surface area contributed by atoms with Gasteiger partial charge in [0.25, 0.3) is 0 Å². The number of hydrogen-bond donors (Lipinski definition) is 2. The molecule has 0 bridgehead atoms. The van der Waals surface area contributed by atoms with Crippen LogP contribution in [-0.2, 0) is 16.0 Å². The number of hydrogen-bond acceptors (Lipinski definition) is 4. The minimum atomic E-state index is -0.678. The standard InChI is InChI=1S/C14H19ClN2O4/c1-20-11-4-3-10(9-12(11)21-2)5-7-16-13(18)14(19)17-8-6-15/h3-4,9H,5-8H2,1-2H3,(H,16,18)(H,17,19). The molecule has 0 radical (unpaired) electrons. The van der Waals surface area contributed by atoms with E-state index in [4.69, 9.17) is 21.1 Å². The molecule has 0 aliphatic heterocycles. The van der Waals surface area contributed by atoms with Crippen molar-refractivity contribution in [3.05, 3.63) is 23.8 Å². The summed E-state index contributed by atoms with van der Waals surface area (Å²) >= 11 is 5.42. The van der Waals surface area contributed by atoms with Gasteiger partial charge in [-0.25, -0.2) is 0 Å². The first-order chi connectivity index (χ1) is 10.1. The smallest absolute Gasteiger partial charge is 0.309 e. The van der Waals surface area contributed by atoms with Crippen molar-refractivity contribution in [2.24, 2.45) is 0 Å². The molecule has 21 heavy (non-hydrogen) atoms. The largest absolute Gasteiger partial charge is 0.493 e. The Morgan fingerprint density at radius 1 is 1.05 bits per heavy atom. The van der Waals surface area contributed by atoms with E-state index in [9.17, 15) is 9.59 Å². The second-order valence-electron chi connectivity index (χ2n) is 4.14. The minimum absolute atomic E-state index is 0.267. The van der Waals surface area contributed by atoms with Gasteiger partial charge < -0.3 is 20.1 Å². The molecule has 2 N–H and O–H groups in total. The first-order valence-electron chi connectivity index (χ1n) is 6.45. The van der Waals surface area contributed by atoms with Gasteiger partial charge in [0.2, 0.25) is 0 Å². The van der Waals surface area contributed by atoms with Gasteiger partial charge in [0, 0.05) is 19.0 Å². The Hall–Kier alpha value is -1.95. The molecule has 0 unspecified atom stereocenters. The van der Waals surface area contributed by atoms with E-state index in [-0.39, 0.29) is 12.4 Å². The summed E-state index contributed by atoms with van der Waals surface area (Å²) in [6, 6.07) is 5.50. The summed E-state index contributed by atoms with van der Waals surface area (Å²) in [5.41, 5.74) is 0.967. The van der Waals surface area contributed by atoms with Crippen LogP contribution in [0.4, 0.5) is 0 Å². The number of ether oxygens (including phenoxy) is 2. The Labute approximate surface area is 128 Å². The van der Waals surface area contributed by atoms with Gasteiger partial charge in [0.1, 0.15) is 0 Å². The Kier molecular flexibility index (Phi) is 7.39. The van der Waals surface area contributed by atoms with E-state index in [1.165, 1.54) is 0 Å². The lowest BCUT2D eigenvalue weighted by molar-refractivity contribution is -0.139. The molecule has 1 aromatic rings. The molecule has 7 heteroatoms. The Morgan fingerprint density at radius 2 is 1.67 bits per heavy atom. The van der Waals surface area contributed by atoms with E-state index < -0.39 is 11.8 Å². The maximum absolute atomic E-state index is 11.5. The van der Waals surface area contributed by atoms with Gasteiger partial charge >= 0.3 is 11.8 Å². The second kappa shape index (κ2) is 9.07. The lowest BCUT2D eigenvalue weighted by atomic mass is 10.1. The number of nitrogens with one attached hydrogen (secondary N) is 2. The molecular weight excluding hydrogens is 296 g/mol. The number of benzene rings is 1. The van der Waals surface area contributed by atoms with Crippen LogP contribution in [0.1, 0.15) is 5.56 Å². The number of rotatable bonds is 7. The monoisotopic (exact) mass is 314 g/mol. The van der Waals surface area contributed by atoms with Crippen LogP contribution in [0, 0.1) is 0 Å². The van der Waals surface area contributed by atoms with Crippen LogP contribution in [0.3, 0.4) is 0 Å². The van der Waals surface area contributed by atoms with Crippen molar-refractivity contribution in [1.82, 2.24) is 10.6 Å². The highest BCUT2D eigenvalue weighted by Crippen LogP contribution is 2.27. The fourth-order valence-corrected chi connectivity index (χ4v) is 1.77. The molecule has 1 rings (SSSR count). The number of carbonyl (C=O) groups excluding carboxylic acids is 2. The Morgan fingerprint density at radius 3 is 2.24 bits per heavy atom. The molecule has 0 saturated heterocycles. The van der Waals surface area contributed by atoms with Crippen LogP contribution < -0.4 is 20.1 Å². The van der Waals surface area contributed by atoms with Crippen LogP contribution in [-0.4, -0.2) is 45.0 Å². The summed E-state index contributed by atoms with van der Waals surface area (Å²) in [5.74, 6) is 0.195. The molecule has 0 spiro atoms. The van der Waals surface area contributed by atoms with E-state index in [2.05, 4.69) is 10.6 Å². The summed E-state index contributed by atoms with van der Waals surface area (Å²) < 4.78 is 10.3. The highest BCUT2D eigenvalue weighted by molar-refractivity contribution is 6.35. The zero-order valence-corrected chi connectivity index (χ0v) is 12.8. The first-order valence-corrected chi connectivity index (χ1v) is 6.98. The molecule has 6 nitrogen and oxygen atoms in total. The molecule has 0 aliphatic carbocycles. The third-order valence-electron chi connectivity index (χ3n) is 2.73. The van der Waals surface area contributed by atoms with Gasteiger partial charge in [0.15, 0.2) is 11.5 Å². The molecule has 0 aromatic heterocycles. The number of alkyl halides is 1. The fraction of sp³-hybridized carbons (Fsp3) is 0.429. The summed E-state index contributed by atoms with van der Waals surface area (Å²) in [5, 5.41) is 4.93. The number of amides is 2. The van der Waals surface area contributed by atoms with Crippen molar-refractivity contribution in [2.45, 2.75) is 6.42 Å². The van der Waals surface area contributed by atoms with Crippen molar-refractivity contribution in [1.29, 1.82) is 0 Å². The van der Waals surface area contributed by atoms with Crippen molar-refractivity contribution in [3.63, 3.8) is 0 Å². The number of carbonyl (C=O) groups is 2. The molecule has 0 heterocycles. The molecule has 1 aromatic carbocycles. The normalized spacial score (nSPS) is 9.86. The summed E-state index contributed by atoms with van der Waals surface area (Å²) in [7, 11) is 3.13. The molecule has 0 atom stereocenters. The van der Waals surface area contributed by atoms with Gasteiger partial charge in [-0.2, -0.15) is 0 Å². The SMILES string of the molecule is COc1ccc(CCNC(=O)C(=O)NCCCl)cc1OC. The van der Waals surface area contributed by atoms with Gasteiger partial charge in [-0.3, -0.25) is 9.59 Å². The van der Waals surface area contributed by atoms with Crippen LogP contribution >= 0.6 is 11.6 Å². The van der Waals surface area contributed by atoms with Crippen LogP contribution in [0.15, 0.2) is 18.2 Å². The highest BCUT2D eigenvalue weighted by atomic mass is 35.5. The number of halogens is 1. The lowest BCUT2D eigenvalue weighted by Crippen LogP contribution is -2.41. The summed E-state index contributed by atoms with van der Waals surface area (Å²) in [6.45, 7) is 0.617.